The summed E-state index contributed by atoms with van der Waals surface area (Å²) >= 11 is 6.10. The van der Waals surface area contributed by atoms with Gasteiger partial charge in [0.15, 0.2) is 6.61 Å². The summed E-state index contributed by atoms with van der Waals surface area (Å²) in [4.78, 5) is 27.3. The molecule has 7 nitrogen and oxygen atoms in total. The summed E-state index contributed by atoms with van der Waals surface area (Å²) in [6.45, 7) is 4.31. The van der Waals surface area contributed by atoms with Crippen molar-refractivity contribution in [2.45, 2.75) is 39.3 Å². The highest BCUT2D eigenvalue weighted by molar-refractivity contribution is 6.30. The molecule has 0 spiro atoms. The molecule has 1 N–H and O–H groups in total. The largest absolute Gasteiger partial charge is 0.496 e. The molecule has 0 bridgehead atoms. The molecular weight excluding hydrogens is 432 g/mol. The molecular formula is C24H31ClN2O5. The predicted octanol–water partition coefficient (Wildman–Crippen LogP) is 4.07. The van der Waals surface area contributed by atoms with E-state index in [9.17, 15) is 9.59 Å². The molecule has 8 heteroatoms. The fraction of sp³-hybridized carbons (Fsp3) is 0.417. The lowest BCUT2D eigenvalue weighted by atomic mass is 10.1. The molecule has 2 aromatic rings. The number of rotatable bonds is 12. The molecule has 0 saturated heterocycles. The lowest BCUT2D eigenvalue weighted by molar-refractivity contribution is -0.142. The Labute approximate surface area is 194 Å². The first-order valence-corrected chi connectivity index (χ1v) is 10.9. The number of carbonyl (C=O) groups excluding carboxylic acids is 2. The Hall–Kier alpha value is -2.93. The van der Waals surface area contributed by atoms with Gasteiger partial charge in [-0.3, -0.25) is 9.59 Å². The molecule has 2 aromatic carbocycles. The van der Waals surface area contributed by atoms with Gasteiger partial charge in [-0.1, -0.05) is 37.1 Å². The van der Waals surface area contributed by atoms with E-state index in [1.54, 1.807) is 37.3 Å². The van der Waals surface area contributed by atoms with Gasteiger partial charge in [0.05, 0.1) is 14.2 Å². The predicted molar refractivity (Wildman–Crippen MR) is 124 cm³/mol. The zero-order chi connectivity index (χ0) is 23.5. The Bertz CT molecular complexity index is 883. The molecule has 0 radical (unpaired) electrons. The fourth-order valence-electron chi connectivity index (χ4n) is 3.04. The third kappa shape index (κ3) is 7.64. The molecule has 0 aliphatic carbocycles. The first-order valence-electron chi connectivity index (χ1n) is 10.6. The van der Waals surface area contributed by atoms with Crippen LogP contribution >= 0.6 is 11.6 Å². The molecule has 0 saturated carbocycles. The highest BCUT2D eigenvalue weighted by Gasteiger charge is 2.26. The third-order valence-electron chi connectivity index (χ3n) is 4.93. The Morgan fingerprint density at radius 1 is 1.06 bits per heavy atom. The van der Waals surface area contributed by atoms with Crippen LogP contribution in [0.15, 0.2) is 42.5 Å². The summed E-state index contributed by atoms with van der Waals surface area (Å²) in [6, 6.07) is 11.6. The average Bonchev–Trinajstić information content (AvgIpc) is 2.80. The molecule has 174 valence electrons. The van der Waals surface area contributed by atoms with E-state index < -0.39 is 6.04 Å². The molecule has 0 aromatic heterocycles. The first-order chi connectivity index (χ1) is 15.4. The van der Waals surface area contributed by atoms with E-state index in [1.165, 1.54) is 19.1 Å². The summed E-state index contributed by atoms with van der Waals surface area (Å²) in [5, 5.41) is 3.45. The molecule has 1 unspecified atom stereocenters. The number of ether oxygens (including phenoxy) is 3. The van der Waals surface area contributed by atoms with Crippen LogP contribution in [0.4, 0.5) is 0 Å². The van der Waals surface area contributed by atoms with E-state index >= 15 is 0 Å². The molecule has 1 atom stereocenters. The van der Waals surface area contributed by atoms with Gasteiger partial charge in [0.2, 0.25) is 5.91 Å². The zero-order valence-corrected chi connectivity index (χ0v) is 19.8. The molecule has 2 amide bonds. The van der Waals surface area contributed by atoms with Crippen LogP contribution in [-0.4, -0.2) is 50.1 Å². The zero-order valence-electron chi connectivity index (χ0n) is 19.0. The number of carbonyl (C=O) groups is 2. The second-order valence-electron chi connectivity index (χ2n) is 7.31. The van der Waals surface area contributed by atoms with Gasteiger partial charge >= 0.3 is 0 Å². The average molecular weight is 463 g/mol. The van der Waals surface area contributed by atoms with Gasteiger partial charge in [-0.2, -0.15) is 0 Å². The quantitative estimate of drug-likeness (QED) is 0.481. The van der Waals surface area contributed by atoms with E-state index in [2.05, 4.69) is 12.2 Å². The van der Waals surface area contributed by atoms with E-state index in [4.69, 9.17) is 25.8 Å². The van der Waals surface area contributed by atoms with Crippen molar-refractivity contribution in [1.29, 1.82) is 0 Å². The number of halogens is 1. The number of hydrogen-bond donors (Lipinski definition) is 1. The molecule has 0 aliphatic heterocycles. The van der Waals surface area contributed by atoms with Crippen LogP contribution in [0.3, 0.4) is 0 Å². The molecule has 32 heavy (non-hydrogen) atoms. The maximum absolute atomic E-state index is 13.1. The Morgan fingerprint density at radius 3 is 2.31 bits per heavy atom. The monoisotopic (exact) mass is 462 g/mol. The van der Waals surface area contributed by atoms with Crippen LogP contribution in [0.5, 0.6) is 17.2 Å². The van der Waals surface area contributed by atoms with Crippen molar-refractivity contribution in [1.82, 2.24) is 10.2 Å². The Balaban J connectivity index is 2.16. The van der Waals surface area contributed by atoms with Crippen molar-refractivity contribution >= 4 is 23.4 Å². The van der Waals surface area contributed by atoms with Crippen molar-refractivity contribution in [3.63, 3.8) is 0 Å². The minimum atomic E-state index is -0.679. The number of nitrogens with one attached hydrogen (secondary N) is 1. The molecule has 0 fully saturated rings. The maximum atomic E-state index is 13.1. The van der Waals surface area contributed by atoms with Crippen molar-refractivity contribution in [3.05, 3.63) is 53.1 Å². The summed E-state index contributed by atoms with van der Waals surface area (Å²) in [6.07, 6.45) is 1.85. The van der Waals surface area contributed by atoms with Gasteiger partial charge in [-0.15, -0.1) is 0 Å². The van der Waals surface area contributed by atoms with E-state index in [-0.39, 0.29) is 25.0 Å². The highest BCUT2D eigenvalue weighted by Crippen LogP contribution is 2.27. The van der Waals surface area contributed by atoms with Gasteiger partial charge in [-0.25, -0.2) is 0 Å². The SMILES string of the molecule is CCCCNC(=O)C(C)N(Cc1cccc(Cl)c1)C(=O)COc1cc(OC)cc(OC)c1. The van der Waals surface area contributed by atoms with Gasteiger partial charge < -0.3 is 24.4 Å². The molecule has 0 aliphatic rings. The Morgan fingerprint density at radius 2 is 1.72 bits per heavy atom. The molecule has 2 rings (SSSR count). The molecule has 0 heterocycles. The normalized spacial score (nSPS) is 11.4. The highest BCUT2D eigenvalue weighted by atomic mass is 35.5. The second-order valence-corrected chi connectivity index (χ2v) is 7.75. The van der Waals surface area contributed by atoms with Crippen LogP contribution < -0.4 is 19.5 Å². The minimum Gasteiger partial charge on any atom is -0.496 e. The van der Waals surface area contributed by atoms with E-state index in [1.807, 2.05) is 12.1 Å². The fourth-order valence-corrected chi connectivity index (χ4v) is 3.26. The number of unbranched alkanes of at least 4 members (excludes halogenated alkanes) is 1. The number of hydrogen-bond acceptors (Lipinski definition) is 5. The van der Waals surface area contributed by atoms with E-state index in [0.29, 0.717) is 28.8 Å². The van der Waals surface area contributed by atoms with Crippen molar-refractivity contribution in [2.75, 3.05) is 27.4 Å². The smallest absolute Gasteiger partial charge is 0.261 e. The van der Waals surface area contributed by atoms with Crippen LogP contribution in [-0.2, 0) is 16.1 Å². The first kappa shape index (κ1) is 25.3. The minimum absolute atomic E-state index is 0.211. The van der Waals surface area contributed by atoms with Crippen LogP contribution in [0.1, 0.15) is 32.3 Å². The lowest BCUT2D eigenvalue weighted by Crippen LogP contribution is -2.49. The maximum Gasteiger partial charge on any atom is 0.261 e. The summed E-state index contributed by atoms with van der Waals surface area (Å²) in [5.74, 6) is 0.983. The summed E-state index contributed by atoms with van der Waals surface area (Å²) in [7, 11) is 3.07. The second kappa shape index (κ2) is 12.8. The van der Waals surface area contributed by atoms with Crippen molar-refractivity contribution in [2.24, 2.45) is 0 Å². The third-order valence-corrected chi connectivity index (χ3v) is 5.16. The van der Waals surface area contributed by atoms with Gasteiger partial charge in [0, 0.05) is 36.3 Å². The van der Waals surface area contributed by atoms with Crippen LogP contribution in [0.2, 0.25) is 5.02 Å². The van der Waals surface area contributed by atoms with Crippen molar-refractivity contribution in [3.8, 4) is 17.2 Å². The number of amides is 2. The van der Waals surface area contributed by atoms with Crippen molar-refractivity contribution < 1.29 is 23.8 Å². The number of benzene rings is 2. The Kier molecular flexibility index (Phi) is 10.1. The topological polar surface area (TPSA) is 77.1 Å². The van der Waals surface area contributed by atoms with Gasteiger partial charge in [0.1, 0.15) is 23.3 Å². The lowest BCUT2D eigenvalue weighted by Gasteiger charge is -2.29. The summed E-state index contributed by atoms with van der Waals surface area (Å²) < 4.78 is 16.2. The van der Waals surface area contributed by atoms with Crippen LogP contribution in [0, 0.1) is 0 Å². The van der Waals surface area contributed by atoms with Gasteiger partial charge in [-0.05, 0) is 31.0 Å². The standard InChI is InChI=1S/C24H31ClN2O5/c1-5-6-10-26-24(29)17(2)27(15-18-8-7-9-19(25)11-18)23(28)16-32-22-13-20(30-3)12-21(14-22)31-4/h7-9,11-14,17H,5-6,10,15-16H2,1-4H3,(H,26,29). The number of nitrogens with zero attached hydrogens (tertiary/aromatic N) is 1. The van der Waals surface area contributed by atoms with Crippen LogP contribution in [0.25, 0.3) is 0 Å². The summed E-state index contributed by atoms with van der Waals surface area (Å²) in [5.41, 5.74) is 0.821. The van der Waals surface area contributed by atoms with Gasteiger partial charge in [0.25, 0.3) is 5.91 Å². The van der Waals surface area contributed by atoms with E-state index in [0.717, 1.165) is 18.4 Å². The number of methoxy groups -OCH3 is 2.